The number of halogens is 2. The first-order valence-corrected chi connectivity index (χ1v) is 20.3. The van der Waals surface area contributed by atoms with E-state index in [1.165, 1.54) is 0 Å². The van der Waals surface area contributed by atoms with Gasteiger partial charge in [-0.05, 0) is 98.5 Å². The third-order valence-corrected chi connectivity index (χ3v) is 9.84. The largest absolute Gasteiger partial charge is 1.00 e. The van der Waals surface area contributed by atoms with Gasteiger partial charge in [0.2, 0.25) is 0 Å². The molecule has 4 amide bonds. The standard InChI is InChI=1S/C23H21ClN4O2.C23H20N4O2.CH3F.CH2O3.2K.H/c1-3-28-21(20(15-25)19-10-9-18(30-2)14-22(19)28)11-6-16-4-7-17(8-5-16)27-23(29)26-13-12-24;1-3-26-21(20(15-24)19-10-9-18(29-2)14-22(19)26)11-6-16-4-7-17(8-5-16)27-13-12-25-23(27)28;1-2;2-1-4-3;;;/h4-5,7-10,14H,3,12-13H2,1-2H3,(H2,26,27,29);4-5,7-10,14H,3,12-13H2,1-2H3,(H,25,28);1H3;1,3H;;;/q;;;;2*+1;-1/p-1/i;;1D;;;;. The number of nitrogens with zero attached hydrogens (tertiary/aromatic N) is 5. The van der Waals surface area contributed by atoms with Crippen molar-refractivity contribution < 1.29 is 144 Å². The number of nitriles is 2. The van der Waals surface area contributed by atoms with Crippen LogP contribution in [-0.4, -0.2) is 74.6 Å². The number of aryl methyl sites for hydroxylation is 2. The number of anilines is 2. The van der Waals surface area contributed by atoms with Crippen molar-refractivity contribution in [1.82, 2.24) is 19.8 Å². The molecule has 7 rings (SSSR count). The van der Waals surface area contributed by atoms with E-state index in [-0.39, 0.29) is 123 Å². The summed E-state index contributed by atoms with van der Waals surface area (Å²) in [6, 6.07) is 30.3. The van der Waals surface area contributed by atoms with Gasteiger partial charge in [0.1, 0.15) is 35.0 Å². The van der Waals surface area contributed by atoms with Crippen LogP contribution in [0.5, 0.6) is 11.5 Å². The summed E-state index contributed by atoms with van der Waals surface area (Å²) in [4.78, 5) is 36.4. The van der Waals surface area contributed by atoms with Gasteiger partial charge in [0.15, 0.2) is 0 Å². The van der Waals surface area contributed by atoms with Gasteiger partial charge in [0.05, 0.1) is 44.9 Å². The van der Waals surface area contributed by atoms with Gasteiger partial charge >= 0.3 is 115 Å². The van der Waals surface area contributed by atoms with Crippen LogP contribution in [0.1, 0.15) is 50.3 Å². The van der Waals surface area contributed by atoms with E-state index in [0.717, 1.165) is 50.1 Å². The summed E-state index contributed by atoms with van der Waals surface area (Å²) in [5.41, 5.74) is 7.44. The van der Waals surface area contributed by atoms with E-state index >= 15 is 0 Å². The Morgan fingerprint density at radius 1 is 0.866 bits per heavy atom. The van der Waals surface area contributed by atoms with Crippen LogP contribution in [-0.2, 0) is 22.8 Å². The molecule has 4 aromatic carbocycles. The van der Waals surface area contributed by atoms with Gasteiger partial charge in [0.25, 0.3) is 6.47 Å². The summed E-state index contributed by atoms with van der Waals surface area (Å²) in [6.45, 7) is 6.95. The Morgan fingerprint density at radius 3 is 1.70 bits per heavy atom. The van der Waals surface area contributed by atoms with Gasteiger partial charge in [-0.15, -0.1) is 11.6 Å². The molecule has 15 nitrogen and oxygen atoms in total. The number of aromatic nitrogens is 2. The van der Waals surface area contributed by atoms with Gasteiger partial charge in [0, 0.05) is 84.0 Å². The average molecular weight is 981 g/mol. The number of carbonyl (C=O) groups is 3. The number of hydrogen-bond donors (Lipinski definition) is 3. The molecule has 0 spiro atoms. The Kier molecular flexibility index (Phi) is 25.7. The topological polar surface area (TPSA) is 199 Å². The van der Waals surface area contributed by atoms with E-state index in [2.05, 4.69) is 56.7 Å². The van der Waals surface area contributed by atoms with Crippen LogP contribution >= 0.6 is 11.6 Å². The molecular weight excluding hydrogens is 933 g/mol. The maximum Gasteiger partial charge on any atom is 1.00 e. The molecule has 336 valence electrons. The fourth-order valence-electron chi connectivity index (χ4n) is 6.73. The maximum absolute atomic E-state index is 11.8. The SMILES string of the molecule is CCn1c(C#Cc2ccc(N3CCNC3=O)cc2)c(C#N)c2ccc(OC)cc21.CCn1c(C#Cc2ccc(NC(=O)NCCCl)cc2)c(C#N)c2ccc(OC)cc21.O=CO[O-].[2H]CF.[H-].[K+].[K+]. The van der Waals surface area contributed by atoms with Crippen molar-refractivity contribution in [3.8, 4) is 47.3 Å². The molecule has 3 N–H and O–H groups in total. The summed E-state index contributed by atoms with van der Waals surface area (Å²) in [7, 11) is 2.24. The van der Waals surface area contributed by atoms with Gasteiger partial charge in [-0.2, -0.15) is 10.5 Å². The molecule has 2 aromatic heterocycles. The summed E-state index contributed by atoms with van der Waals surface area (Å²) in [5.74, 6) is 14.4. The second-order valence-electron chi connectivity index (χ2n) is 13.2. The third-order valence-electron chi connectivity index (χ3n) is 9.65. The van der Waals surface area contributed by atoms with E-state index in [1.54, 1.807) is 31.3 Å². The predicted molar refractivity (Wildman–Crippen MR) is 246 cm³/mol. The van der Waals surface area contributed by atoms with E-state index < -0.39 is 7.15 Å². The molecule has 1 fully saturated rings. The maximum atomic E-state index is 11.8. The minimum absolute atomic E-state index is 0. The summed E-state index contributed by atoms with van der Waals surface area (Å²) in [5, 5.41) is 37.7. The van der Waals surface area contributed by atoms with E-state index in [9.17, 15) is 24.5 Å². The van der Waals surface area contributed by atoms with E-state index in [0.29, 0.717) is 66.8 Å². The molecular formula is C48H46ClFK2N8O7. The molecule has 19 heteroatoms. The molecule has 0 bridgehead atoms. The van der Waals surface area contributed by atoms with Crippen molar-refractivity contribution in [2.24, 2.45) is 0 Å². The number of amides is 4. The van der Waals surface area contributed by atoms with Gasteiger partial charge in [-0.1, -0.05) is 11.8 Å². The molecule has 1 aliphatic rings. The molecule has 1 aliphatic heterocycles. The van der Waals surface area contributed by atoms with E-state index in [4.69, 9.17) is 32.5 Å². The zero-order chi connectivity index (χ0) is 48.0. The Hall–Kier alpha value is -4.88. The zero-order valence-corrected chi connectivity index (χ0v) is 45.0. The number of benzene rings is 4. The number of urea groups is 2. The number of alkyl halides is 2. The Morgan fingerprint density at radius 2 is 1.33 bits per heavy atom. The first-order valence-electron chi connectivity index (χ1n) is 20.5. The Balaban J connectivity index is 0.000000585. The van der Waals surface area contributed by atoms with Crippen molar-refractivity contribution in [3.63, 3.8) is 0 Å². The van der Waals surface area contributed by atoms with Crippen molar-refractivity contribution in [2.75, 3.05) is 57.1 Å². The van der Waals surface area contributed by atoms with Crippen LogP contribution in [0.15, 0.2) is 84.9 Å². The molecule has 1 saturated heterocycles. The monoisotopic (exact) mass is 979 g/mol. The second-order valence-corrected chi connectivity index (χ2v) is 13.6. The second kappa shape index (κ2) is 30.5. The number of methoxy groups -OCH3 is 2. The van der Waals surface area contributed by atoms with Crippen LogP contribution < -0.4 is 138 Å². The molecule has 0 aliphatic carbocycles. The van der Waals surface area contributed by atoms with Crippen molar-refractivity contribution in [1.29, 1.82) is 10.5 Å². The van der Waals surface area contributed by atoms with Crippen LogP contribution in [0.3, 0.4) is 0 Å². The molecule has 0 unspecified atom stereocenters. The van der Waals surface area contributed by atoms with Crippen molar-refractivity contribution >= 4 is 63.3 Å². The first kappa shape index (κ1) is 56.4. The number of nitrogens with one attached hydrogen (secondary N) is 3. The molecule has 67 heavy (non-hydrogen) atoms. The number of fused-ring (bicyclic) bond motifs is 2. The third kappa shape index (κ3) is 15.3. The number of hydrogen-bond acceptors (Lipinski definition) is 9. The molecule has 0 atom stereocenters. The minimum Gasteiger partial charge on any atom is -1.00 e. The summed E-state index contributed by atoms with van der Waals surface area (Å²) >= 11 is 5.55. The van der Waals surface area contributed by atoms with E-state index in [1.807, 2.05) is 95.8 Å². The zero-order valence-electron chi connectivity index (χ0n) is 40.0. The smallest absolute Gasteiger partial charge is 1.00 e. The minimum atomic E-state index is -1.00. The van der Waals surface area contributed by atoms with Crippen LogP contribution in [0, 0.1) is 46.3 Å². The quantitative estimate of drug-likeness (QED) is 0.0471. The van der Waals surface area contributed by atoms with Crippen LogP contribution in [0.2, 0.25) is 0 Å². The number of rotatable bonds is 9. The van der Waals surface area contributed by atoms with Crippen molar-refractivity contribution in [3.05, 3.63) is 119 Å². The normalized spacial score (nSPS) is 10.7. The van der Waals surface area contributed by atoms with Gasteiger partial charge < -0.3 is 46.1 Å². The Labute approximate surface area is 481 Å². The number of ether oxygens (including phenoxy) is 2. The van der Waals surface area contributed by atoms with Crippen LogP contribution in [0.25, 0.3) is 21.8 Å². The fraction of sp³-hybridized carbons (Fsp3) is 0.229. The predicted octanol–water partition coefficient (Wildman–Crippen LogP) is 0.913. The fourth-order valence-corrected chi connectivity index (χ4v) is 6.83. The Bertz CT molecular complexity index is 2870. The summed E-state index contributed by atoms with van der Waals surface area (Å²) in [6.07, 6.45) is 0. The van der Waals surface area contributed by atoms with Gasteiger partial charge in [-0.3, -0.25) is 14.1 Å². The van der Waals surface area contributed by atoms with Crippen molar-refractivity contribution in [2.45, 2.75) is 26.9 Å². The average Bonchev–Trinajstić information content (AvgIpc) is 4.02. The molecule has 0 saturated carbocycles. The molecule has 0 radical (unpaired) electrons. The molecule has 6 aromatic rings. The van der Waals surface area contributed by atoms with Crippen LogP contribution in [0.4, 0.5) is 25.4 Å². The number of carbonyl (C=O) groups excluding carboxylic acids is 3. The summed E-state index contributed by atoms with van der Waals surface area (Å²) < 4.78 is 30.2. The first-order chi connectivity index (χ1) is 32.1. The van der Waals surface area contributed by atoms with Gasteiger partial charge in [-0.25, -0.2) is 9.59 Å². The molecule has 3 heterocycles.